The third-order valence-corrected chi connectivity index (χ3v) is 6.44. The summed E-state index contributed by atoms with van der Waals surface area (Å²) in [5.41, 5.74) is 2.29. The first-order chi connectivity index (χ1) is 16.9. The lowest BCUT2D eigenvalue weighted by molar-refractivity contribution is -0.141. The highest BCUT2D eigenvalue weighted by Crippen LogP contribution is 2.37. The monoisotopic (exact) mass is 531 g/mol. The van der Waals surface area contributed by atoms with Crippen molar-refractivity contribution >= 4 is 47.8 Å². The molecule has 3 amide bonds. The first kappa shape index (κ1) is 27.9. The van der Waals surface area contributed by atoms with Crippen LogP contribution in [0.3, 0.4) is 0 Å². The molecular formula is C27H34ClN3O4S. The number of nitrogens with zero attached hydrogens (tertiary/aromatic N) is 1. The Bertz CT molecular complexity index is 1090. The van der Waals surface area contributed by atoms with Crippen molar-refractivity contribution in [2.24, 2.45) is 0 Å². The summed E-state index contributed by atoms with van der Waals surface area (Å²) in [4.78, 5) is 41.6. The summed E-state index contributed by atoms with van der Waals surface area (Å²) in [5.74, 6) is -0.729. The van der Waals surface area contributed by atoms with Crippen LogP contribution in [0.25, 0.3) is 0 Å². The van der Waals surface area contributed by atoms with Crippen LogP contribution in [0.1, 0.15) is 56.3 Å². The van der Waals surface area contributed by atoms with Crippen LogP contribution in [0.5, 0.6) is 0 Å². The SMILES string of the molecule is Cc1ccc(C(C(=O)Nc2c(C)cccc2Cl)N(C(=O)C(CS)NC(=O)OC(C)(C)C)C2CC2)cc1. The summed E-state index contributed by atoms with van der Waals surface area (Å²) >= 11 is 10.7. The van der Waals surface area contributed by atoms with E-state index in [4.69, 9.17) is 16.3 Å². The summed E-state index contributed by atoms with van der Waals surface area (Å²) in [5, 5.41) is 5.98. The van der Waals surface area contributed by atoms with Gasteiger partial charge in [0.25, 0.3) is 5.91 Å². The molecule has 0 aromatic heterocycles. The second-order valence-electron chi connectivity index (χ2n) is 10.1. The maximum absolute atomic E-state index is 13.8. The van der Waals surface area contributed by atoms with Crippen molar-refractivity contribution in [3.05, 3.63) is 64.2 Å². The molecule has 0 spiro atoms. The van der Waals surface area contributed by atoms with E-state index in [9.17, 15) is 14.4 Å². The second kappa shape index (κ2) is 11.6. The van der Waals surface area contributed by atoms with Gasteiger partial charge in [0.15, 0.2) is 0 Å². The Morgan fingerprint density at radius 1 is 1.11 bits per heavy atom. The molecule has 2 atom stereocenters. The Labute approximate surface area is 223 Å². The molecule has 1 saturated carbocycles. The number of nitrogens with one attached hydrogen (secondary N) is 2. The smallest absolute Gasteiger partial charge is 0.408 e. The van der Waals surface area contributed by atoms with E-state index in [1.54, 1.807) is 31.7 Å². The summed E-state index contributed by atoms with van der Waals surface area (Å²) in [6.45, 7) is 9.05. The van der Waals surface area contributed by atoms with Gasteiger partial charge in [-0.3, -0.25) is 9.59 Å². The van der Waals surface area contributed by atoms with E-state index < -0.39 is 29.7 Å². The van der Waals surface area contributed by atoms with E-state index in [1.807, 2.05) is 50.2 Å². The molecule has 0 aliphatic heterocycles. The van der Waals surface area contributed by atoms with Gasteiger partial charge in [0.2, 0.25) is 5.91 Å². The molecule has 0 saturated heterocycles. The number of thiol groups is 1. The molecule has 1 aliphatic carbocycles. The maximum Gasteiger partial charge on any atom is 0.408 e. The lowest BCUT2D eigenvalue weighted by atomic mass is 10.0. The Morgan fingerprint density at radius 2 is 1.75 bits per heavy atom. The topological polar surface area (TPSA) is 87.7 Å². The first-order valence-corrected chi connectivity index (χ1v) is 13.0. The number of halogens is 1. The number of para-hydroxylation sites is 1. The number of carbonyl (C=O) groups excluding carboxylic acids is 3. The zero-order chi connectivity index (χ0) is 26.6. The van der Waals surface area contributed by atoms with Gasteiger partial charge in [-0.2, -0.15) is 12.6 Å². The van der Waals surface area contributed by atoms with E-state index in [2.05, 4.69) is 23.3 Å². The van der Waals surface area contributed by atoms with Gasteiger partial charge in [0.1, 0.15) is 17.7 Å². The first-order valence-electron chi connectivity index (χ1n) is 12.0. The van der Waals surface area contributed by atoms with Gasteiger partial charge in [0.05, 0.1) is 10.7 Å². The minimum Gasteiger partial charge on any atom is -0.444 e. The highest BCUT2D eigenvalue weighted by molar-refractivity contribution is 7.80. The largest absolute Gasteiger partial charge is 0.444 e. The predicted octanol–water partition coefficient (Wildman–Crippen LogP) is 5.45. The number of aryl methyl sites for hydroxylation is 2. The molecule has 1 fully saturated rings. The molecule has 2 aromatic carbocycles. The minimum absolute atomic E-state index is 0.0488. The molecule has 2 N–H and O–H groups in total. The van der Waals surface area contributed by atoms with Crippen molar-refractivity contribution in [1.29, 1.82) is 0 Å². The van der Waals surface area contributed by atoms with E-state index in [0.717, 1.165) is 24.0 Å². The van der Waals surface area contributed by atoms with Crippen molar-refractivity contribution < 1.29 is 19.1 Å². The second-order valence-corrected chi connectivity index (χ2v) is 10.9. The van der Waals surface area contributed by atoms with Crippen LogP contribution >= 0.6 is 24.2 Å². The van der Waals surface area contributed by atoms with Crippen LogP contribution in [-0.2, 0) is 14.3 Å². The van der Waals surface area contributed by atoms with E-state index in [-0.39, 0.29) is 17.7 Å². The fourth-order valence-electron chi connectivity index (χ4n) is 3.85. The number of hydrogen-bond acceptors (Lipinski definition) is 5. The molecule has 36 heavy (non-hydrogen) atoms. The van der Waals surface area contributed by atoms with Crippen molar-refractivity contribution in [1.82, 2.24) is 10.2 Å². The molecule has 0 radical (unpaired) electrons. The zero-order valence-corrected chi connectivity index (χ0v) is 23.0. The number of amides is 3. The third-order valence-electron chi connectivity index (χ3n) is 5.76. The Morgan fingerprint density at radius 3 is 2.28 bits per heavy atom. The van der Waals surface area contributed by atoms with Crippen LogP contribution < -0.4 is 10.6 Å². The Balaban J connectivity index is 1.97. The number of anilines is 1. The van der Waals surface area contributed by atoms with Crippen LogP contribution in [0.15, 0.2) is 42.5 Å². The summed E-state index contributed by atoms with van der Waals surface area (Å²) in [6.07, 6.45) is 0.810. The van der Waals surface area contributed by atoms with Crippen LogP contribution in [0.4, 0.5) is 10.5 Å². The Hall–Kier alpha value is -2.71. The van der Waals surface area contributed by atoms with Crippen molar-refractivity contribution in [3.8, 4) is 0 Å². The molecule has 2 aromatic rings. The van der Waals surface area contributed by atoms with E-state index in [0.29, 0.717) is 16.3 Å². The lowest BCUT2D eigenvalue weighted by Crippen LogP contribution is -2.54. The number of carbonyl (C=O) groups is 3. The fourth-order valence-corrected chi connectivity index (χ4v) is 4.37. The number of ether oxygens (including phenoxy) is 1. The maximum atomic E-state index is 13.8. The van der Waals surface area contributed by atoms with Gasteiger partial charge in [-0.15, -0.1) is 0 Å². The van der Waals surface area contributed by atoms with Gasteiger partial charge < -0.3 is 20.3 Å². The molecule has 194 valence electrons. The summed E-state index contributed by atoms with van der Waals surface area (Å²) in [7, 11) is 0. The summed E-state index contributed by atoms with van der Waals surface area (Å²) in [6, 6.07) is 10.8. The van der Waals surface area contributed by atoms with Crippen molar-refractivity contribution in [2.45, 2.75) is 71.2 Å². The highest BCUT2D eigenvalue weighted by atomic mass is 35.5. The number of alkyl carbamates (subject to hydrolysis) is 1. The zero-order valence-electron chi connectivity index (χ0n) is 21.3. The van der Waals surface area contributed by atoms with E-state index in [1.165, 1.54) is 0 Å². The minimum atomic E-state index is -0.966. The number of rotatable bonds is 8. The molecular weight excluding hydrogens is 498 g/mol. The molecule has 2 unspecified atom stereocenters. The third kappa shape index (κ3) is 7.17. The van der Waals surface area contributed by atoms with Gasteiger partial charge >= 0.3 is 6.09 Å². The van der Waals surface area contributed by atoms with E-state index >= 15 is 0 Å². The normalized spacial score (nSPS) is 15.0. The average Bonchev–Trinajstić information content (AvgIpc) is 3.62. The van der Waals surface area contributed by atoms with Gasteiger partial charge in [-0.05, 0) is 64.7 Å². The fraction of sp³-hybridized carbons (Fsp3) is 0.444. The van der Waals surface area contributed by atoms with Crippen LogP contribution in [0, 0.1) is 13.8 Å². The standard InChI is InChI=1S/C27H34ClN3O4S/c1-16-9-11-18(12-10-16)23(24(32)30-22-17(2)7-6-8-20(22)28)31(19-13-14-19)25(33)21(15-36)29-26(34)35-27(3,4)5/h6-12,19,21,23,36H,13-15H2,1-5H3,(H,29,34)(H,30,32). The predicted molar refractivity (Wildman–Crippen MR) is 146 cm³/mol. The lowest BCUT2D eigenvalue weighted by Gasteiger charge is -2.34. The van der Waals surface area contributed by atoms with Gasteiger partial charge in [-0.1, -0.05) is 53.6 Å². The Kier molecular flexibility index (Phi) is 8.95. The number of hydrogen-bond donors (Lipinski definition) is 3. The van der Waals surface area contributed by atoms with Gasteiger partial charge in [0, 0.05) is 11.8 Å². The summed E-state index contributed by atoms with van der Waals surface area (Å²) < 4.78 is 5.34. The molecule has 1 aliphatic rings. The molecule has 3 rings (SSSR count). The molecule has 7 nitrogen and oxygen atoms in total. The van der Waals surface area contributed by atoms with Crippen molar-refractivity contribution in [2.75, 3.05) is 11.1 Å². The quantitative estimate of drug-likeness (QED) is 0.395. The van der Waals surface area contributed by atoms with Crippen LogP contribution in [0.2, 0.25) is 5.02 Å². The van der Waals surface area contributed by atoms with Crippen LogP contribution in [-0.4, -0.2) is 46.2 Å². The molecule has 9 heteroatoms. The van der Waals surface area contributed by atoms with Gasteiger partial charge in [-0.25, -0.2) is 4.79 Å². The van der Waals surface area contributed by atoms with Crippen molar-refractivity contribution in [3.63, 3.8) is 0 Å². The molecule has 0 heterocycles. The highest BCUT2D eigenvalue weighted by Gasteiger charge is 2.44. The average molecular weight is 532 g/mol. The molecule has 0 bridgehead atoms. The number of benzene rings is 2.